The first-order chi connectivity index (χ1) is 7.74. The Morgan fingerprint density at radius 3 is 2.53 bits per heavy atom. The summed E-state index contributed by atoms with van der Waals surface area (Å²) in [4.78, 5) is 19.4. The Morgan fingerprint density at radius 1 is 1.47 bits per heavy atom. The van der Waals surface area contributed by atoms with E-state index in [9.17, 15) is 28.1 Å². The number of hydrogen-bond acceptors (Lipinski definition) is 3. The van der Waals surface area contributed by atoms with Gasteiger partial charge in [-0.25, -0.2) is 8.78 Å². The average Bonchev–Trinajstić information content (AvgIpc) is 2.15. The van der Waals surface area contributed by atoms with Crippen molar-refractivity contribution >= 4 is 11.7 Å². The number of carboxylic acid groups (broad SMARTS) is 1. The van der Waals surface area contributed by atoms with E-state index in [1.54, 1.807) is 0 Å². The predicted molar refractivity (Wildman–Crippen MR) is 49.2 cm³/mol. The van der Waals surface area contributed by atoms with Crippen LogP contribution < -0.4 is 0 Å². The van der Waals surface area contributed by atoms with Crippen LogP contribution in [0.3, 0.4) is 0 Å². The van der Waals surface area contributed by atoms with Crippen LogP contribution in [0.25, 0.3) is 0 Å². The normalized spacial score (nSPS) is 11.2. The molecule has 1 aromatic carbocycles. The van der Waals surface area contributed by atoms with Gasteiger partial charge in [-0.1, -0.05) is 0 Å². The number of hydrogen-bond donors (Lipinski definition) is 1. The largest absolute Gasteiger partial charge is 0.481 e. The number of carboxylic acids is 1. The van der Waals surface area contributed by atoms with Gasteiger partial charge in [0.2, 0.25) is 5.82 Å². The van der Waals surface area contributed by atoms with Crippen LogP contribution in [0.4, 0.5) is 18.9 Å². The van der Waals surface area contributed by atoms with Gasteiger partial charge in [-0.05, 0) is 12.1 Å². The van der Waals surface area contributed by atoms with Crippen molar-refractivity contribution in [1.29, 1.82) is 0 Å². The van der Waals surface area contributed by atoms with Crippen LogP contribution in [-0.2, 0) is 10.7 Å². The van der Waals surface area contributed by atoms with Gasteiger partial charge in [-0.15, -0.1) is 0 Å². The number of nitro benzene ring substituents is 1. The van der Waals surface area contributed by atoms with E-state index in [1.165, 1.54) is 0 Å². The molecule has 0 aromatic heterocycles. The molecular weight excluding hydrogens is 243 g/mol. The molecule has 0 fully saturated rings. The minimum Gasteiger partial charge on any atom is -0.481 e. The molecule has 0 atom stereocenters. The molecule has 0 radical (unpaired) electrons. The molecule has 0 saturated heterocycles. The molecular formula is C9H6F3NO4. The summed E-state index contributed by atoms with van der Waals surface area (Å²) in [6, 6.07) is 1.45. The first-order valence-electron chi connectivity index (χ1n) is 4.28. The zero-order valence-electron chi connectivity index (χ0n) is 8.19. The molecule has 0 amide bonds. The topological polar surface area (TPSA) is 80.4 Å². The van der Waals surface area contributed by atoms with Crippen molar-refractivity contribution in [2.45, 2.75) is 12.3 Å². The van der Waals surface area contributed by atoms with Gasteiger partial charge in [-0.3, -0.25) is 14.9 Å². The summed E-state index contributed by atoms with van der Waals surface area (Å²) in [7, 11) is 0. The Hall–Kier alpha value is -2.12. The summed E-state index contributed by atoms with van der Waals surface area (Å²) in [6.07, 6.45) is -1.52. The van der Waals surface area contributed by atoms with Gasteiger partial charge < -0.3 is 5.11 Å². The summed E-state index contributed by atoms with van der Waals surface area (Å²) in [6.45, 7) is 0. The van der Waals surface area contributed by atoms with Crippen LogP contribution in [0.15, 0.2) is 18.2 Å². The Bertz CT molecular complexity index is 475. The summed E-state index contributed by atoms with van der Waals surface area (Å²) in [5.74, 6) is -6.81. The van der Waals surface area contributed by atoms with E-state index in [0.29, 0.717) is 18.2 Å². The van der Waals surface area contributed by atoms with E-state index in [-0.39, 0.29) is 0 Å². The maximum atomic E-state index is 13.3. The highest BCUT2D eigenvalue weighted by Crippen LogP contribution is 2.34. The second-order valence-electron chi connectivity index (χ2n) is 3.20. The molecule has 1 N–H and O–H groups in total. The Balaban J connectivity index is 3.19. The van der Waals surface area contributed by atoms with Crippen LogP contribution in [0.1, 0.15) is 12.0 Å². The first kappa shape index (κ1) is 12.9. The van der Waals surface area contributed by atoms with Gasteiger partial charge in [0, 0.05) is 11.6 Å². The third-order valence-electron chi connectivity index (χ3n) is 1.94. The standard InChI is InChI=1S/C9H6F3NO4/c10-6-2-1-5(3-7(6)13(16)17)9(11,12)4-8(14)15/h1-3H,4H2,(H,14,15). The molecule has 1 rings (SSSR count). The molecule has 0 spiro atoms. The lowest BCUT2D eigenvalue weighted by Crippen LogP contribution is -2.18. The zero-order valence-corrected chi connectivity index (χ0v) is 8.19. The second-order valence-corrected chi connectivity index (χ2v) is 3.20. The van der Waals surface area contributed by atoms with Crippen LogP contribution >= 0.6 is 0 Å². The zero-order chi connectivity index (χ0) is 13.2. The Morgan fingerprint density at radius 2 is 2.06 bits per heavy atom. The molecule has 0 aliphatic rings. The quantitative estimate of drug-likeness (QED) is 0.655. The number of nitro groups is 1. The van der Waals surface area contributed by atoms with Crippen molar-refractivity contribution in [2.24, 2.45) is 0 Å². The van der Waals surface area contributed by atoms with Crippen LogP contribution in [0.2, 0.25) is 0 Å². The van der Waals surface area contributed by atoms with Gasteiger partial charge in [0.05, 0.1) is 4.92 Å². The van der Waals surface area contributed by atoms with Gasteiger partial charge in [-0.2, -0.15) is 4.39 Å². The highest BCUT2D eigenvalue weighted by Gasteiger charge is 2.36. The summed E-state index contributed by atoms with van der Waals surface area (Å²) < 4.78 is 39.4. The van der Waals surface area contributed by atoms with Crippen LogP contribution in [0, 0.1) is 15.9 Å². The number of rotatable bonds is 4. The molecule has 5 nitrogen and oxygen atoms in total. The van der Waals surface area contributed by atoms with E-state index in [2.05, 4.69) is 0 Å². The van der Waals surface area contributed by atoms with Crippen molar-refractivity contribution < 1.29 is 28.0 Å². The fraction of sp³-hybridized carbons (Fsp3) is 0.222. The number of nitrogens with zero attached hydrogens (tertiary/aromatic N) is 1. The first-order valence-corrected chi connectivity index (χ1v) is 4.28. The van der Waals surface area contributed by atoms with Gasteiger partial charge in [0.25, 0.3) is 5.92 Å². The number of benzene rings is 1. The third-order valence-corrected chi connectivity index (χ3v) is 1.94. The number of alkyl halides is 2. The van der Waals surface area contributed by atoms with Gasteiger partial charge >= 0.3 is 11.7 Å². The van der Waals surface area contributed by atoms with E-state index < -0.39 is 40.3 Å². The van der Waals surface area contributed by atoms with E-state index in [0.717, 1.165) is 0 Å². The smallest absolute Gasteiger partial charge is 0.309 e. The molecule has 0 aliphatic heterocycles. The molecule has 0 heterocycles. The maximum absolute atomic E-state index is 13.3. The molecule has 0 unspecified atom stereocenters. The van der Waals surface area contributed by atoms with E-state index in [1.807, 2.05) is 0 Å². The van der Waals surface area contributed by atoms with Crippen LogP contribution in [-0.4, -0.2) is 16.0 Å². The third kappa shape index (κ3) is 2.92. The molecule has 8 heteroatoms. The average molecular weight is 249 g/mol. The summed E-state index contributed by atoms with van der Waals surface area (Å²) >= 11 is 0. The second kappa shape index (κ2) is 4.40. The lowest BCUT2D eigenvalue weighted by atomic mass is 10.0. The van der Waals surface area contributed by atoms with E-state index >= 15 is 0 Å². The summed E-state index contributed by atoms with van der Waals surface area (Å²) in [5.41, 5.74) is -2.03. The maximum Gasteiger partial charge on any atom is 0.309 e. The summed E-state index contributed by atoms with van der Waals surface area (Å²) in [5, 5.41) is 18.6. The van der Waals surface area contributed by atoms with Crippen molar-refractivity contribution in [3.8, 4) is 0 Å². The molecule has 0 saturated carbocycles. The highest BCUT2D eigenvalue weighted by atomic mass is 19.3. The minimum absolute atomic E-state index is 0.332. The van der Waals surface area contributed by atoms with Crippen molar-refractivity contribution in [2.75, 3.05) is 0 Å². The van der Waals surface area contributed by atoms with Gasteiger partial charge in [0.1, 0.15) is 6.42 Å². The highest BCUT2D eigenvalue weighted by molar-refractivity contribution is 5.68. The lowest BCUT2D eigenvalue weighted by molar-refractivity contribution is -0.387. The van der Waals surface area contributed by atoms with Crippen LogP contribution in [0.5, 0.6) is 0 Å². The Labute approximate surface area is 92.6 Å². The molecule has 92 valence electrons. The van der Waals surface area contributed by atoms with Crippen molar-refractivity contribution in [1.82, 2.24) is 0 Å². The van der Waals surface area contributed by atoms with Crippen molar-refractivity contribution in [3.63, 3.8) is 0 Å². The number of carbonyl (C=O) groups is 1. The number of halogens is 3. The monoisotopic (exact) mass is 249 g/mol. The molecule has 1 aromatic rings. The lowest BCUT2D eigenvalue weighted by Gasteiger charge is -2.13. The molecule has 0 aliphatic carbocycles. The van der Waals surface area contributed by atoms with Gasteiger partial charge in [0.15, 0.2) is 0 Å². The fourth-order valence-corrected chi connectivity index (χ4v) is 1.17. The fourth-order valence-electron chi connectivity index (χ4n) is 1.17. The van der Waals surface area contributed by atoms with Crippen molar-refractivity contribution in [3.05, 3.63) is 39.7 Å². The number of aliphatic carboxylic acids is 1. The predicted octanol–water partition coefficient (Wildman–Crippen LogP) is 2.30. The SMILES string of the molecule is O=C(O)CC(F)(F)c1ccc(F)c([N+](=O)[O-])c1. The minimum atomic E-state index is -3.79. The molecule has 17 heavy (non-hydrogen) atoms. The molecule has 0 bridgehead atoms. The van der Waals surface area contributed by atoms with E-state index in [4.69, 9.17) is 5.11 Å². The Kier molecular flexibility index (Phi) is 3.35.